The Balaban J connectivity index is 1.89. The Bertz CT molecular complexity index is 432. The van der Waals surface area contributed by atoms with Gasteiger partial charge in [0.15, 0.2) is 0 Å². The van der Waals surface area contributed by atoms with E-state index >= 15 is 0 Å². The van der Waals surface area contributed by atoms with Gasteiger partial charge in [0.1, 0.15) is 0 Å². The third-order valence-corrected chi connectivity index (χ3v) is 5.18. The summed E-state index contributed by atoms with van der Waals surface area (Å²) in [6.45, 7) is 3.60. The molecule has 0 saturated carbocycles. The second-order valence-corrected chi connectivity index (χ2v) is 6.04. The third-order valence-electron chi connectivity index (χ3n) is 4.15. The minimum absolute atomic E-state index is 0.738. The van der Waals surface area contributed by atoms with E-state index in [1.165, 1.54) is 36.7 Å². The quantitative estimate of drug-likeness (QED) is 0.737. The van der Waals surface area contributed by atoms with Crippen LogP contribution in [0.5, 0.6) is 0 Å². The van der Waals surface area contributed by atoms with Crippen molar-refractivity contribution in [1.82, 2.24) is 5.32 Å². The van der Waals surface area contributed by atoms with Crippen molar-refractivity contribution in [2.24, 2.45) is 0 Å². The second kappa shape index (κ2) is 3.41. The lowest BCUT2D eigenvalue weighted by atomic mass is 9.90. The van der Waals surface area contributed by atoms with Crippen LogP contribution in [0.3, 0.4) is 0 Å². The lowest BCUT2D eigenvalue weighted by Crippen LogP contribution is -2.45. The molecule has 0 amide bonds. The molecule has 0 spiro atoms. The number of fused-ring (bicyclic) bond motifs is 3. The second-order valence-electron chi connectivity index (χ2n) is 4.90. The molecule has 2 nitrogen and oxygen atoms in total. The first kappa shape index (κ1) is 9.37. The first-order valence-corrected chi connectivity index (χ1v) is 7.17. The number of thioether (sulfide) groups is 1. The number of anilines is 1. The van der Waals surface area contributed by atoms with Gasteiger partial charge in [-0.1, -0.05) is 12.1 Å². The number of nitrogens with zero attached hydrogens (tertiary/aromatic N) is 1. The van der Waals surface area contributed by atoms with Crippen LogP contribution < -0.4 is 10.2 Å². The molecule has 1 saturated heterocycles. The molecule has 3 heterocycles. The SMILES string of the molecule is c1cc2c3c(c1)C1CNCCC1N3CCS2. The lowest BCUT2D eigenvalue weighted by molar-refractivity contribution is 0.405. The zero-order chi connectivity index (χ0) is 10.5. The third kappa shape index (κ3) is 1.13. The molecule has 0 bridgehead atoms. The molecule has 3 heteroatoms. The monoisotopic (exact) mass is 232 g/mol. The molecule has 4 rings (SSSR count). The molecule has 3 aliphatic heterocycles. The van der Waals surface area contributed by atoms with Gasteiger partial charge in [-0.25, -0.2) is 0 Å². The number of hydrogen-bond acceptors (Lipinski definition) is 3. The van der Waals surface area contributed by atoms with E-state index in [0.29, 0.717) is 0 Å². The first-order chi connectivity index (χ1) is 7.95. The zero-order valence-corrected chi connectivity index (χ0v) is 10.1. The van der Waals surface area contributed by atoms with Gasteiger partial charge in [-0.3, -0.25) is 0 Å². The summed E-state index contributed by atoms with van der Waals surface area (Å²) >= 11 is 2.03. The van der Waals surface area contributed by atoms with Crippen molar-refractivity contribution in [3.63, 3.8) is 0 Å². The number of nitrogens with one attached hydrogen (secondary N) is 1. The first-order valence-electron chi connectivity index (χ1n) is 6.18. The highest BCUT2D eigenvalue weighted by molar-refractivity contribution is 7.99. The van der Waals surface area contributed by atoms with Crippen LogP contribution in [0.25, 0.3) is 0 Å². The highest BCUT2D eigenvalue weighted by Crippen LogP contribution is 2.49. The van der Waals surface area contributed by atoms with Crippen LogP contribution in [-0.4, -0.2) is 31.4 Å². The van der Waals surface area contributed by atoms with E-state index < -0.39 is 0 Å². The van der Waals surface area contributed by atoms with Gasteiger partial charge in [-0.05, 0) is 24.6 Å². The van der Waals surface area contributed by atoms with Crippen molar-refractivity contribution in [2.45, 2.75) is 23.3 Å². The predicted molar refractivity (Wildman–Crippen MR) is 68.5 cm³/mol. The maximum absolute atomic E-state index is 3.55. The highest BCUT2D eigenvalue weighted by atomic mass is 32.2. The van der Waals surface area contributed by atoms with Crippen LogP contribution in [0.15, 0.2) is 23.1 Å². The Morgan fingerprint density at radius 2 is 2.38 bits per heavy atom. The average molecular weight is 232 g/mol. The maximum Gasteiger partial charge on any atom is 0.0544 e. The van der Waals surface area contributed by atoms with Crippen LogP contribution in [0.2, 0.25) is 0 Å². The summed E-state index contributed by atoms with van der Waals surface area (Å²) in [6, 6.07) is 7.65. The zero-order valence-electron chi connectivity index (χ0n) is 9.28. The van der Waals surface area contributed by atoms with Crippen molar-refractivity contribution in [3.8, 4) is 0 Å². The normalized spacial score (nSPS) is 31.1. The highest BCUT2D eigenvalue weighted by Gasteiger charge is 2.41. The summed E-state index contributed by atoms with van der Waals surface area (Å²) in [6.07, 6.45) is 1.31. The fraction of sp³-hybridized carbons (Fsp3) is 0.538. The molecule has 1 fully saturated rings. The molecule has 1 N–H and O–H groups in total. The van der Waals surface area contributed by atoms with Gasteiger partial charge in [0.05, 0.1) is 5.69 Å². The van der Waals surface area contributed by atoms with E-state index in [0.717, 1.165) is 12.0 Å². The maximum atomic E-state index is 3.55. The van der Waals surface area contributed by atoms with Crippen LogP contribution in [0.1, 0.15) is 17.9 Å². The van der Waals surface area contributed by atoms with Crippen LogP contribution >= 0.6 is 11.8 Å². The molecule has 0 aromatic heterocycles. The van der Waals surface area contributed by atoms with E-state index in [9.17, 15) is 0 Å². The summed E-state index contributed by atoms with van der Waals surface area (Å²) in [4.78, 5) is 4.20. The minimum Gasteiger partial charge on any atom is -0.366 e. The number of rotatable bonds is 0. The number of piperidine rings is 1. The van der Waals surface area contributed by atoms with Crippen LogP contribution in [0, 0.1) is 0 Å². The largest absolute Gasteiger partial charge is 0.366 e. The molecular formula is C13H16N2S. The van der Waals surface area contributed by atoms with E-state index in [1.807, 2.05) is 11.8 Å². The topological polar surface area (TPSA) is 15.3 Å². The van der Waals surface area contributed by atoms with Gasteiger partial charge < -0.3 is 10.2 Å². The van der Waals surface area contributed by atoms with Gasteiger partial charge in [0, 0.05) is 35.7 Å². The molecule has 2 unspecified atom stereocenters. The number of benzene rings is 1. The summed E-state index contributed by atoms with van der Waals surface area (Å²) in [5, 5.41) is 3.55. The van der Waals surface area contributed by atoms with E-state index in [4.69, 9.17) is 0 Å². The van der Waals surface area contributed by atoms with Crippen LogP contribution in [-0.2, 0) is 0 Å². The molecule has 3 aliphatic rings. The summed E-state index contributed by atoms with van der Waals surface area (Å²) in [5.74, 6) is 2.00. The lowest BCUT2D eigenvalue weighted by Gasteiger charge is -2.36. The standard InChI is InChI=1S/C13H16N2S/c1-2-9-10-8-14-5-4-11(10)15-6-7-16-12(3-1)13(9)15/h1-3,10-11,14H,4-8H2. The van der Waals surface area contributed by atoms with E-state index in [1.54, 1.807) is 11.3 Å². The Hall–Kier alpha value is -0.670. The molecule has 0 radical (unpaired) electrons. The van der Waals surface area contributed by atoms with Gasteiger partial charge in [-0.15, -0.1) is 11.8 Å². The number of para-hydroxylation sites is 1. The van der Waals surface area contributed by atoms with Gasteiger partial charge in [0.25, 0.3) is 0 Å². The molecule has 16 heavy (non-hydrogen) atoms. The molecule has 1 aromatic carbocycles. The number of hydrogen-bond donors (Lipinski definition) is 1. The summed E-state index contributed by atoms with van der Waals surface area (Å²) < 4.78 is 0. The fourth-order valence-corrected chi connectivity index (χ4v) is 4.55. The summed E-state index contributed by atoms with van der Waals surface area (Å²) in [5.41, 5.74) is 3.17. The van der Waals surface area contributed by atoms with Crippen molar-refractivity contribution in [1.29, 1.82) is 0 Å². The fourth-order valence-electron chi connectivity index (χ4n) is 3.49. The predicted octanol–water partition coefficient (Wildman–Crippen LogP) is 2.06. The molecule has 1 aromatic rings. The Morgan fingerprint density at radius 1 is 1.38 bits per heavy atom. The molecule has 2 atom stereocenters. The van der Waals surface area contributed by atoms with Crippen molar-refractivity contribution in [3.05, 3.63) is 23.8 Å². The summed E-state index contributed by atoms with van der Waals surface area (Å²) in [7, 11) is 0. The minimum atomic E-state index is 0.738. The Kier molecular flexibility index (Phi) is 2.00. The molecule has 0 aliphatic carbocycles. The van der Waals surface area contributed by atoms with Crippen molar-refractivity contribution in [2.75, 3.05) is 30.3 Å². The molecule has 84 valence electrons. The Morgan fingerprint density at radius 3 is 3.38 bits per heavy atom. The van der Waals surface area contributed by atoms with Gasteiger partial charge >= 0.3 is 0 Å². The van der Waals surface area contributed by atoms with Crippen molar-refractivity contribution >= 4 is 17.4 Å². The van der Waals surface area contributed by atoms with Crippen LogP contribution in [0.4, 0.5) is 5.69 Å². The molecular weight excluding hydrogens is 216 g/mol. The van der Waals surface area contributed by atoms with E-state index in [-0.39, 0.29) is 0 Å². The Labute approximate surface area is 100 Å². The van der Waals surface area contributed by atoms with E-state index in [2.05, 4.69) is 28.4 Å². The van der Waals surface area contributed by atoms with Gasteiger partial charge in [-0.2, -0.15) is 0 Å². The van der Waals surface area contributed by atoms with Gasteiger partial charge in [0.2, 0.25) is 0 Å². The average Bonchev–Trinajstić information content (AvgIpc) is 2.68. The van der Waals surface area contributed by atoms with Crippen molar-refractivity contribution < 1.29 is 0 Å². The smallest absolute Gasteiger partial charge is 0.0544 e.